The van der Waals surface area contributed by atoms with Gasteiger partial charge in [-0.25, -0.2) is 0 Å². The lowest BCUT2D eigenvalue weighted by molar-refractivity contribution is -0.124. The van der Waals surface area contributed by atoms with Gasteiger partial charge in [-0.1, -0.05) is 52.3 Å². The SMILES string of the molecule is CCC(C)C(NC(=O)c1ccccc1)C(=O)NCC(C)(C)CN(C)C. The van der Waals surface area contributed by atoms with Crippen LogP contribution in [-0.4, -0.2) is 49.9 Å². The predicted molar refractivity (Wildman–Crippen MR) is 102 cm³/mol. The van der Waals surface area contributed by atoms with Gasteiger partial charge in [-0.15, -0.1) is 0 Å². The molecule has 5 heteroatoms. The second-order valence-electron chi connectivity index (χ2n) is 7.82. The van der Waals surface area contributed by atoms with Gasteiger partial charge in [0.2, 0.25) is 5.91 Å². The van der Waals surface area contributed by atoms with E-state index in [0.29, 0.717) is 12.1 Å². The maximum absolute atomic E-state index is 12.7. The van der Waals surface area contributed by atoms with Gasteiger partial charge in [0.25, 0.3) is 5.91 Å². The van der Waals surface area contributed by atoms with Gasteiger partial charge >= 0.3 is 0 Å². The molecule has 25 heavy (non-hydrogen) atoms. The number of nitrogens with one attached hydrogen (secondary N) is 2. The van der Waals surface area contributed by atoms with Crippen molar-refractivity contribution in [1.82, 2.24) is 15.5 Å². The standard InChI is InChI=1S/C20H33N3O2/c1-7-15(2)17(22-18(24)16-11-9-8-10-12-16)19(25)21-13-20(3,4)14-23(5)6/h8-12,15,17H,7,13-14H2,1-6H3,(H,21,25)(H,22,24). The van der Waals surface area contributed by atoms with E-state index in [-0.39, 0.29) is 23.1 Å². The third-order valence-electron chi connectivity index (χ3n) is 4.30. The van der Waals surface area contributed by atoms with Gasteiger partial charge in [-0.3, -0.25) is 9.59 Å². The molecule has 1 aromatic carbocycles. The summed E-state index contributed by atoms with van der Waals surface area (Å²) in [6.07, 6.45) is 0.814. The third-order valence-corrected chi connectivity index (χ3v) is 4.30. The Balaban J connectivity index is 2.74. The Labute approximate surface area is 152 Å². The summed E-state index contributed by atoms with van der Waals surface area (Å²) in [7, 11) is 4.04. The number of benzene rings is 1. The number of carbonyl (C=O) groups excluding carboxylic acids is 2. The van der Waals surface area contributed by atoms with Crippen molar-refractivity contribution < 1.29 is 9.59 Å². The molecule has 0 fully saturated rings. The largest absolute Gasteiger partial charge is 0.354 e. The van der Waals surface area contributed by atoms with Crippen LogP contribution in [0.3, 0.4) is 0 Å². The molecule has 0 saturated heterocycles. The number of carbonyl (C=O) groups is 2. The minimum Gasteiger partial charge on any atom is -0.354 e. The van der Waals surface area contributed by atoms with Crippen LogP contribution in [0.15, 0.2) is 30.3 Å². The Morgan fingerprint density at radius 2 is 1.76 bits per heavy atom. The summed E-state index contributed by atoms with van der Waals surface area (Å²) in [4.78, 5) is 27.2. The molecular formula is C20H33N3O2. The van der Waals surface area contributed by atoms with Gasteiger partial charge in [0.05, 0.1) is 0 Å². The van der Waals surface area contributed by atoms with E-state index < -0.39 is 6.04 Å². The molecule has 0 spiro atoms. The molecule has 2 N–H and O–H groups in total. The summed E-state index contributed by atoms with van der Waals surface area (Å²) < 4.78 is 0. The average molecular weight is 348 g/mol. The molecule has 0 bridgehead atoms. The van der Waals surface area contributed by atoms with Crippen LogP contribution >= 0.6 is 0 Å². The van der Waals surface area contributed by atoms with Crippen molar-refractivity contribution in [1.29, 1.82) is 0 Å². The fourth-order valence-electron chi connectivity index (χ4n) is 2.86. The van der Waals surface area contributed by atoms with Crippen LogP contribution in [0, 0.1) is 11.3 Å². The van der Waals surface area contributed by atoms with Crippen molar-refractivity contribution in [2.45, 2.75) is 40.2 Å². The summed E-state index contributed by atoms with van der Waals surface area (Å²) in [5.41, 5.74) is 0.527. The second-order valence-corrected chi connectivity index (χ2v) is 7.82. The Morgan fingerprint density at radius 3 is 2.28 bits per heavy atom. The van der Waals surface area contributed by atoms with Crippen LogP contribution in [0.1, 0.15) is 44.5 Å². The second kappa shape index (κ2) is 9.56. The number of hydrogen-bond donors (Lipinski definition) is 2. The van der Waals surface area contributed by atoms with Crippen molar-refractivity contribution >= 4 is 11.8 Å². The highest BCUT2D eigenvalue weighted by Gasteiger charge is 2.28. The third kappa shape index (κ3) is 7.26. The summed E-state index contributed by atoms with van der Waals surface area (Å²) in [5.74, 6) is -0.274. The first-order valence-electron chi connectivity index (χ1n) is 8.94. The minimum atomic E-state index is -0.534. The zero-order valence-electron chi connectivity index (χ0n) is 16.4. The topological polar surface area (TPSA) is 61.4 Å². The van der Waals surface area contributed by atoms with Gasteiger partial charge in [0, 0.05) is 18.7 Å². The molecule has 0 saturated carbocycles. The minimum absolute atomic E-state index is 0.0391. The van der Waals surface area contributed by atoms with Gasteiger partial charge in [0.15, 0.2) is 0 Å². The highest BCUT2D eigenvalue weighted by atomic mass is 16.2. The molecule has 1 rings (SSSR count). The van der Waals surface area contributed by atoms with E-state index >= 15 is 0 Å². The van der Waals surface area contributed by atoms with E-state index in [0.717, 1.165) is 13.0 Å². The number of nitrogens with zero attached hydrogens (tertiary/aromatic N) is 1. The van der Waals surface area contributed by atoms with Crippen LogP contribution in [-0.2, 0) is 4.79 Å². The van der Waals surface area contributed by atoms with E-state index in [1.165, 1.54) is 0 Å². The molecule has 140 valence electrons. The number of hydrogen-bond acceptors (Lipinski definition) is 3. The number of rotatable bonds is 9. The van der Waals surface area contributed by atoms with Crippen molar-refractivity contribution in [3.63, 3.8) is 0 Å². The first-order valence-corrected chi connectivity index (χ1v) is 8.94. The van der Waals surface area contributed by atoms with Crippen molar-refractivity contribution in [2.24, 2.45) is 11.3 Å². The summed E-state index contributed by atoms with van der Waals surface area (Å²) in [5, 5.41) is 5.92. The maximum Gasteiger partial charge on any atom is 0.251 e. The first kappa shape index (κ1) is 21.2. The Hall–Kier alpha value is -1.88. The van der Waals surface area contributed by atoms with Crippen LogP contribution in [0.4, 0.5) is 0 Å². The summed E-state index contributed by atoms with van der Waals surface area (Å²) in [6, 6.07) is 8.46. The molecular weight excluding hydrogens is 314 g/mol. The molecule has 0 aromatic heterocycles. The van der Waals surface area contributed by atoms with Crippen LogP contribution < -0.4 is 10.6 Å². The van der Waals surface area contributed by atoms with Gasteiger partial charge in [0.1, 0.15) is 6.04 Å². The highest BCUT2D eigenvalue weighted by Crippen LogP contribution is 2.15. The van der Waals surface area contributed by atoms with Crippen molar-refractivity contribution in [3.05, 3.63) is 35.9 Å². The molecule has 2 amide bonds. The smallest absolute Gasteiger partial charge is 0.251 e. The fraction of sp³-hybridized carbons (Fsp3) is 0.600. The van der Waals surface area contributed by atoms with E-state index in [2.05, 4.69) is 29.4 Å². The summed E-state index contributed by atoms with van der Waals surface area (Å²) in [6.45, 7) is 9.69. The summed E-state index contributed by atoms with van der Waals surface area (Å²) >= 11 is 0. The van der Waals surface area contributed by atoms with E-state index in [9.17, 15) is 9.59 Å². The monoisotopic (exact) mass is 347 g/mol. The zero-order valence-corrected chi connectivity index (χ0v) is 16.4. The molecule has 5 nitrogen and oxygen atoms in total. The van der Waals surface area contributed by atoms with Gasteiger partial charge in [-0.05, 0) is 37.6 Å². The van der Waals surface area contributed by atoms with Crippen molar-refractivity contribution in [3.8, 4) is 0 Å². The molecule has 0 aliphatic heterocycles. The predicted octanol–water partition coefficient (Wildman–Crippen LogP) is 2.54. The molecule has 1 aromatic rings. The first-order chi connectivity index (χ1) is 11.7. The molecule has 0 heterocycles. The normalized spacial score (nSPS) is 14.0. The van der Waals surface area contributed by atoms with Gasteiger partial charge < -0.3 is 15.5 Å². The Kier molecular flexibility index (Phi) is 8.10. The molecule has 0 aliphatic carbocycles. The Bertz CT molecular complexity index is 555. The molecule has 2 atom stereocenters. The molecule has 2 unspecified atom stereocenters. The van der Waals surface area contributed by atoms with E-state index in [1.807, 2.05) is 46.1 Å². The van der Waals surface area contributed by atoms with Gasteiger partial charge in [-0.2, -0.15) is 0 Å². The lowest BCUT2D eigenvalue weighted by Crippen LogP contribution is -2.52. The van der Waals surface area contributed by atoms with Crippen molar-refractivity contribution in [2.75, 3.05) is 27.2 Å². The van der Waals surface area contributed by atoms with E-state index in [1.54, 1.807) is 12.1 Å². The van der Waals surface area contributed by atoms with E-state index in [4.69, 9.17) is 0 Å². The highest BCUT2D eigenvalue weighted by molar-refractivity contribution is 5.97. The zero-order chi connectivity index (χ0) is 19.0. The maximum atomic E-state index is 12.7. The average Bonchev–Trinajstić information content (AvgIpc) is 2.56. The number of amides is 2. The Morgan fingerprint density at radius 1 is 1.16 bits per heavy atom. The van der Waals surface area contributed by atoms with Crippen LogP contribution in [0.5, 0.6) is 0 Å². The van der Waals surface area contributed by atoms with Crippen LogP contribution in [0.2, 0.25) is 0 Å². The molecule has 0 radical (unpaired) electrons. The molecule has 0 aliphatic rings. The lowest BCUT2D eigenvalue weighted by Gasteiger charge is -2.30. The quantitative estimate of drug-likeness (QED) is 0.722. The fourth-order valence-corrected chi connectivity index (χ4v) is 2.86. The lowest BCUT2D eigenvalue weighted by atomic mass is 9.92. The van der Waals surface area contributed by atoms with Crippen LogP contribution in [0.25, 0.3) is 0 Å².